The van der Waals surface area contributed by atoms with Crippen LogP contribution in [0.3, 0.4) is 0 Å². The molecule has 0 atom stereocenters. The van der Waals surface area contributed by atoms with Gasteiger partial charge in [-0.1, -0.05) is 39.5 Å². The Bertz CT molecular complexity index is 658. The van der Waals surface area contributed by atoms with E-state index in [4.69, 9.17) is 4.74 Å². The summed E-state index contributed by atoms with van der Waals surface area (Å²) in [5, 5.41) is 0. The molecule has 0 aliphatic heterocycles. The second kappa shape index (κ2) is 10.4. The molecule has 0 bridgehead atoms. The molecule has 0 unspecified atom stereocenters. The number of rotatable bonds is 9. The highest BCUT2D eigenvalue weighted by Gasteiger charge is 2.22. The molecule has 1 heterocycles. The van der Waals surface area contributed by atoms with Crippen molar-refractivity contribution < 1.29 is 4.74 Å². The molecule has 0 amide bonds. The zero-order chi connectivity index (χ0) is 18.9. The molecule has 1 aromatic heterocycles. The molecule has 1 saturated carbocycles. The van der Waals surface area contributed by atoms with Gasteiger partial charge >= 0.3 is 0 Å². The summed E-state index contributed by atoms with van der Waals surface area (Å²) in [5.74, 6) is 3.30. The van der Waals surface area contributed by atoms with Crippen molar-refractivity contribution in [3.05, 3.63) is 42.2 Å². The van der Waals surface area contributed by atoms with Gasteiger partial charge in [0.2, 0.25) is 0 Å². The number of aromatic nitrogens is 2. The molecule has 2 aromatic rings. The fraction of sp³-hybridized carbons (Fsp3) is 0.583. The fourth-order valence-electron chi connectivity index (χ4n) is 4.09. The van der Waals surface area contributed by atoms with E-state index in [0.717, 1.165) is 36.1 Å². The highest BCUT2D eigenvalue weighted by Crippen LogP contribution is 2.37. The van der Waals surface area contributed by atoms with Gasteiger partial charge in [0.1, 0.15) is 5.75 Å². The number of hydrogen-bond acceptors (Lipinski definition) is 3. The van der Waals surface area contributed by atoms with Gasteiger partial charge in [0, 0.05) is 18.0 Å². The van der Waals surface area contributed by atoms with Gasteiger partial charge in [-0.05, 0) is 73.8 Å². The lowest BCUT2D eigenvalue weighted by Gasteiger charge is -2.28. The highest BCUT2D eigenvalue weighted by molar-refractivity contribution is 5.56. The molecular formula is C24H34N2O. The summed E-state index contributed by atoms with van der Waals surface area (Å²) < 4.78 is 5.64. The summed E-state index contributed by atoms with van der Waals surface area (Å²) in [6.07, 6.45) is 16.0. The van der Waals surface area contributed by atoms with Crippen LogP contribution >= 0.6 is 0 Å². The Balaban J connectivity index is 1.53. The number of unbranched alkanes of at least 4 members (excludes halogenated alkanes) is 2. The Kier molecular flexibility index (Phi) is 7.67. The van der Waals surface area contributed by atoms with Gasteiger partial charge in [0.25, 0.3) is 0 Å². The van der Waals surface area contributed by atoms with E-state index in [0.29, 0.717) is 5.92 Å². The summed E-state index contributed by atoms with van der Waals surface area (Å²) in [6, 6.07) is 8.09. The minimum absolute atomic E-state index is 0.645. The third kappa shape index (κ3) is 5.79. The van der Waals surface area contributed by atoms with E-state index in [1.54, 1.807) is 0 Å². The molecule has 3 heteroatoms. The number of benzene rings is 1. The maximum atomic E-state index is 5.64. The summed E-state index contributed by atoms with van der Waals surface area (Å²) in [4.78, 5) is 9.29. The van der Waals surface area contributed by atoms with Crippen molar-refractivity contribution in [1.29, 1.82) is 0 Å². The minimum atomic E-state index is 0.645. The Morgan fingerprint density at radius 3 is 2.22 bits per heavy atom. The molecule has 27 heavy (non-hydrogen) atoms. The molecule has 0 spiro atoms. The van der Waals surface area contributed by atoms with E-state index in [-0.39, 0.29) is 0 Å². The molecule has 1 fully saturated rings. The first-order valence-corrected chi connectivity index (χ1v) is 10.8. The average Bonchev–Trinajstić information content (AvgIpc) is 2.73. The Morgan fingerprint density at radius 1 is 0.889 bits per heavy atom. The highest BCUT2D eigenvalue weighted by atomic mass is 16.5. The standard InChI is InChI=1S/C24H34N2O/c1-3-5-6-7-19-8-10-20(11-9-19)22-17-25-24(26-18-22)21-12-14-23(15-13-21)27-16-4-2/h12-15,17-20H,3-11,16H2,1-2H3. The lowest BCUT2D eigenvalue weighted by Crippen LogP contribution is -2.14. The second-order valence-electron chi connectivity index (χ2n) is 7.93. The fourth-order valence-corrected chi connectivity index (χ4v) is 4.09. The number of hydrogen-bond donors (Lipinski definition) is 0. The van der Waals surface area contributed by atoms with Crippen molar-refractivity contribution in [3.8, 4) is 17.1 Å². The van der Waals surface area contributed by atoms with E-state index in [9.17, 15) is 0 Å². The van der Waals surface area contributed by atoms with E-state index in [2.05, 4.69) is 23.8 Å². The molecule has 0 radical (unpaired) electrons. The van der Waals surface area contributed by atoms with Crippen LogP contribution in [0.4, 0.5) is 0 Å². The maximum Gasteiger partial charge on any atom is 0.159 e. The van der Waals surface area contributed by atoms with Crippen LogP contribution in [0, 0.1) is 5.92 Å². The predicted octanol–water partition coefficient (Wildman–Crippen LogP) is 6.79. The summed E-state index contributed by atoms with van der Waals surface area (Å²) in [5.41, 5.74) is 2.36. The normalized spacial score (nSPS) is 19.8. The zero-order valence-corrected chi connectivity index (χ0v) is 17.0. The molecule has 1 aliphatic carbocycles. The number of nitrogens with zero attached hydrogens (tertiary/aromatic N) is 2. The van der Waals surface area contributed by atoms with E-state index < -0.39 is 0 Å². The molecule has 3 nitrogen and oxygen atoms in total. The van der Waals surface area contributed by atoms with Gasteiger partial charge in [-0.3, -0.25) is 0 Å². The molecular weight excluding hydrogens is 332 g/mol. The maximum absolute atomic E-state index is 5.64. The monoisotopic (exact) mass is 366 g/mol. The second-order valence-corrected chi connectivity index (χ2v) is 7.93. The molecule has 3 rings (SSSR count). The summed E-state index contributed by atoms with van der Waals surface area (Å²) >= 11 is 0. The quantitative estimate of drug-likeness (QED) is 0.458. The molecule has 1 aliphatic rings. The molecule has 0 N–H and O–H groups in total. The SMILES string of the molecule is CCCCCC1CCC(c2cnc(-c3ccc(OCCC)cc3)nc2)CC1. The largest absolute Gasteiger partial charge is 0.494 e. The van der Waals surface area contributed by atoms with Gasteiger partial charge in [0.15, 0.2) is 5.82 Å². The molecule has 146 valence electrons. The van der Waals surface area contributed by atoms with Crippen LogP contribution < -0.4 is 4.74 Å². The first kappa shape index (κ1) is 19.9. The topological polar surface area (TPSA) is 35.0 Å². The van der Waals surface area contributed by atoms with Crippen molar-refractivity contribution >= 4 is 0 Å². The van der Waals surface area contributed by atoms with Crippen molar-refractivity contribution in [2.24, 2.45) is 5.92 Å². The van der Waals surface area contributed by atoms with Crippen molar-refractivity contribution in [1.82, 2.24) is 9.97 Å². The summed E-state index contributed by atoms with van der Waals surface area (Å²) in [7, 11) is 0. The number of ether oxygens (including phenoxy) is 1. The van der Waals surface area contributed by atoms with Crippen molar-refractivity contribution in [3.63, 3.8) is 0 Å². The van der Waals surface area contributed by atoms with Crippen molar-refractivity contribution in [2.45, 2.75) is 77.6 Å². The van der Waals surface area contributed by atoms with Gasteiger partial charge in [0.05, 0.1) is 6.61 Å². The van der Waals surface area contributed by atoms with Gasteiger partial charge < -0.3 is 4.74 Å². The molecule has 1 aromatic carbocycles. The Morgan fingerprint density at radius 2 is 1.59 bits per heavy atom. The Hall–Kier alpha value is -1.90. The van der Waals surface area contributed by atoms with Gasteiger partial charge in [-0.25, -0.2) is 9.97 Å². The van der Waals surface area contributed by atoms with Crippen LogP contribution in [0.1, 0.15) is 83.1 Å². The molecule has 0 saturated heterocycles. The van der Waals surface area contributed by atoms with Gasteiger partial charge in [-0.2, -0.15) is 0 Å². The minimum Gasteiger partial charge on any atom is -0.494 e. The lowest BCUT2D eigenvalue weighted by molar-refractivity contribution is 0.302. The van der Waals surface area contributed by atoms with Crippen LogP contribution in [0.2, 0.25) is 0 Å². The van der Waals surface area contributed by atoms with Crippen LogP contribution in [0.25, 0.3) is 11.4 Å². The average molecular weight is 367 g/mol. The first-order valence-electron chi connectivity index (χ1n) is 10.8. The van der Waals surface area contributed by atoms with Gasteiger partial charge in [-0.15, -0.1) is 0 Å². The van der Waals surface area contributed by atoms with Crippen LogP contribution in [-0.4, -0.2) is 16.6 Å². The van der Waals surface area contributed by atoms with E-state index in [1.165, 1.54) is 56.9 Å². The van der Waals surface area contributed by atoms with E-state index in [1.807, 2.05) is 36.7 Å². The smallest absolute Gasteiger partial charge is 0.159 e. The predicted molar refractivity (Wildman–Crippen MR) is 112 cm³/mol. The summed E-state index contributed by atoms with van der Waals surface area (Å²) in [6.45, 7) is 5.16. The van der Waals surface area contributed by atoms with Crippen LogP contribution in [-0.2, 0) is 0 Å². The zero-order valence-electron chi connectivity index (χ0n) is 17.0. The van der Waals surface area contributed by atoms with Crippen LogP contribution in [0.5, 0.6) is 5.75 Å². The Labute approximate surface area is 164 Å². The van der Waals surface area contributed by atoms with Crippen LogP contribution in [0.15, 0.2) is 36.7 Å². The van der Waals surface area contributed by atoms with E-state index >= 15 is 0 Å². The third-order valence-electron chi connectivity index (χ3n) is 5.79. The third-order valence-corrected chi connectivity index (χ3v) is 5.79. The first-order chi connectivity index (χ1) is 13.3. The lowest BCUT2D eigenvalue weighted by atomic mass is 9.77. The van der Waals surface area contributed by atoms with Crippen molar-refractivity contribution in [2.75, 3.05) is 6.61 Å².